The molecule has 1 amide bonds. The Kier molecular flexibility index (Phi) is 5.12. The van der Waals surface area contributed by atoms with Gasteiger partial charge in [-0.05, 0) is 18.2 Å². The maximum atomic E-state index is 13.7. The number of hydrogen-bond donors (Lipinski definition) is 1. The highest BCUT2D eigenvalue weighted by Crippen LogP contribution is 2.20. The smallest absolute Gasteiger partial charge is 0.278 e. The fourth-order valence-electron chi connectivity index (χ4n) is 2.62. The molecule has 4 aromatic rings. The number of aromatic nitrogens is 4. The van der Waals surface area contributed by atoms with Crippen LogP contribution < -0.4 is 10.9 Å². The zero-order chi connectivity index (χ0) is 21.1. The van der Waals surface area contributed by atoms with Crippen molar-refractivity contribution >= 4 is 11.6 Å². The van der Waals surface area contributed by atoms with Crippen LogP contribution in [0.4, 0.5) is 14.5 Å². The molecule has 4 rings (SSSR count). The van der Waals surface area contributed by atoms with Crippen LogP contribution in [0.1, 0.15) is 0 Å². The summed E-state index contributed by atoms with van der Waals surface area (Å²) >= 11 is 0. The van der Waals surface area contributed by atoms with Gasteiger partial charge in [0.15, 0.2) is 0 Å². The van der Waals surface area contributed by atoms with E-state index in [9.17, 15) is 18.4 Å². The molecule has 1 N–H and O–H groups in total. The third-order valence-electron chi connectivity index (χ3n) is 4.04. The summed E-state index contributed by atoms with van der Waals surface area (Å²) in [7, 11) is 0. The van der Waals surface area contributed by atoms with Crippen LogP contribution in [0.2, 0.25) is 0 Å². The first-order chi connectivity index (χ1) is 14.5. The van der Waals surface area contributed by atoms with Crippen LogP contribution in [0.5, 0.6) is 0 Å². The lowest BCUT2D eigenvalue weighted by Crippen LogP contribution is -2.29. The molecule has 10 heteroatoms. The van der Waals surface area contributed by atoms with Gasteiger partial charge in [0.25, 0.3) is 11.4 Å². The van der Waals surface area contributed by atoms with E-state index in [-0.39, 0.29) is 17.3 Å². The van der Waals surface area contributed by atoms with Gasteiger partial charge < -0.3 is 9.84 Å². The maximum Gasteiger partial charge on any atom is 0.278 e. The quantitative estimate of drug-likeness (QED) is 0.544. The fourth-order valence-corrected chi connectivity index (χ4v) is 2.62. The van der Waals surface area contributed by atoms with Crippen LogP contribution in [0.25, 0.3) is 23.0 Å². The summed E-state index contributed by atoms with van der Waals surface area (Å²) in [6, 6.07) is 14.4. The average molecular weight is 409 g/mol. The minimum atomic E-state index is -0.934. The predicted octanol–water partition coefficient (Wildman–Crippen LogP) is 2.88. The first kappa shape index (κ1) is 19.1. The van der Waals surface area contributed by atoms with Gasteiger partial charge in [-0.2, -0.15) is 10.1 Å². The van der Waals surface area contributed by atoms with Crippen molar-refractivity contribution in [1.29, 1.82) is 0 Å². The molecular weight excluding hydrogens is 396 g/mol. The number of anilines is 1. The molecule has 0 aliphatic rings. The van der Waals surface area contributed by atoms with Crippen LogP contribution in [0, 0.1) is 11.6 Å². The molecule has 0 aliphatic carbocycles. The van der Waals surface area contributed by atoms with Gasteiger partial charge >= 0.3 is 0 Å². The Morgan fingerprint density at radius 1 is 1.07 bits per heavy atom. The largest absolute Gasteiger partial charge is 0.332 e. The summed E-state index contributed by atoms with van der Waals surface area (Å²) in [5.41, 5.74) is 0.151. The van der Waals surface area contributed by atoms with Gasteiger partial charge in [-0.1, -0.05) is 35.5 Å². The minimum Gasteiger partial charge on any atom is -0.332 e. The second kappa shape index (κ2) is 8.03. The fraction of sp³-hybridized carbons (Fsp3) is 0.0500. The molecule has 2 aromatic carbocycles. The zero-order valence-corrected chi connectivity index (χ0v) is 15.3. The SMILES string of the molecule is O=C(Cn1nc(-c2nc(-c3ccccc3)no2)ccc1=O)Nc1ccc(F)cc1F. The van der Waals surface area contributed by atoms with Crippen molar-refractivity contribution in [1.82, 2.24) is 19.9 Å². The summed E-state index contributed by atoms with van der Waals surface area (Å²) in [6.07, 6.45) is 0. The molecular formula is C20H13F2N5O3. The van der Waals surface area contributed by atoms with Crippen molar-refractivity contribution in [3.05, 3.63) is 82.7 Å². The number of nitrogens with zero attached hydrogens (tertiary/aromatic N) is 4. The molecule has 0 atom stereocenters. The molecule has 0 saturated heterocycles. The van der Waals surface area contributed by atoms with Gasteiger partial charge in [0.2, 0.25) is 11.7 Å². The summed E-state index contributed by atoms with van der Waals surface area (Å²) in [6.45, 7) is -0.497. The molecule has 8 nitrogen and oxygen atoms in total. The predicted molar refractivity (Wildman–Crippen MR) is 102 cm³/mol. The molecule has 2 aromatic heterocycles. The van der Waals surface area contributed by atoms with Gasteiger partial charge in [-0.15, -0.1) is 0 Å². The summed E-state index contributed by atoms with van der Waals surface area (Å²) in [5, 5.41) is 10.2. The number of nitrogens with one attached hydrogen (secondary N) is 1. The van der Waals surface area contributed by atoms with E-state index < -0.39 is 29.6 Å². The van der Waals surface area contributed by atoms with Crippen LogP contribution in [-0.2, 0) is 11.3 Å². The van der Waals surface area contributed by atoms with E-state index in [0.717, 1.165) is 22.4 Å². The summed E-state index contributed by atoms with van der Waals surface area (Å²) < 4.78 is 32.7. The molecule has 30 heavy (non-hydrogen) atoms. The van der Waals surface area contributed by atoms with Gasteiger partial charge in [0.05, 0.1) is 5.69 Å². The molecule has 0 bridgehead atoms. The molecule has 2 heterocycles. The van der Waals surface area contributed by atoms with Crippen molar-refractivity contribution in [2.75, 3.05) is 5.32 Å². The van der Waals surface area contributed by atoms with E-state index in [2.05, 4.69) is 20.6 Å². The number of benzene rings is 2. The van der Waals surface area contributed by atoms with E-state index in [1.807, 2.05) is 30.3 Å². The number of amides is 1. The number of carbonyl (C=O) groups excluding carboxylic acids is 1. The third kappa shape index (κ3) is 4.12. The summed E-state index contributed by atoms with van der Waals surface area (Å²) in [4.78, 5) is 28.5. The number of carbonyl (C=O) groups is 1. The van der Waals surface area contributed by atoms with Gasteiger partial charge in [0.1, 0.15) is 23.9 Å². The monoisotopic (exact) mass is 409 g/mol. The van der Waals surface area contributed by atoms with Crippen LogP contribution in [0.15, 0.2) is 70.0 Å². The Hall–Kier alpha value is -4.21. The Labute approximate surface area is 167 Å². The first-order valence-electron chi connectivity index (χ1n) is 8.72. The Morgan fingerprint density at radius 2 is 1.87 bits per heavy atom. The van der Waals surface area contributed by atoms with Crippen LogP contribution in [0.3, 0.4) is 0 Å². The molecule has 0 saturated carbocycles. The molecule has 0 aliphatic heterocycles. The van der Waals surface area contributed by atoms with Gasteiger partial charge in [0, 0.05) is 17.7 Å². The molecule has 150 valence electrons. The van der Waals surface area contributed by atoms with E-state index in [1.54, 1.807) is 0 Å². The molecule has 0 radical (unpaired) electrons. The first-order valence-corrected chi connectivity index (χ1v) is 8.72. The normalized spacial score (nSPS) is 10.7. The lowest BCUT2D eigenvalue weighted by molar-refractivity contribution is -0.117. The number of rotatable bonds is 5. The van der Waals surface area contributed by atoms with Crippen molar-refractivity contribution in [3.63, 3.8) is 0 Å². The number of halogens is 2. The van der Waals surface area contributed by atoms with Crippen LogP contribution in [-0.4, -0.2) is 25.8 Å². The maximum absolute atomic E-state index is 13.7. The highest BCUT2D eigenvalue weighted by Gasteiger charge is 2.15. The lowest BCUT2D eigenvalue weighted by atomic mass is 10.2. The minimum absolute atomic E-state index is 0.0626. The van der Waals surface area contributed by atoms with Gasteiger partial charge in [-0.25, -0.2) is 13.5 Å². The van der Waals surface area contributed by atoms with E-state index in [4.69, 9.17) is 4.52 Å². The van der Waals surface area contributed by atoms with Crippen molar-refractivity contribution in [2.45, 2.75) is 6.54 Å². The van der Waals surface area contributed by atoms with Crippen molar-refractivity contribution in [2.24, 2.45) is 0 Å². The standard InChI is InChI=1S/C20H13F2N5O3/c21-13-6-7-15(14(22)10-13)23-17(28)11-27-18(29)9-8-16(25-27)20-24-19(26-30-20)12-4-2-1-3-5-12/h1-10H,11H2,(H,23,28). The highest BCUT2D eigenvalue weighted by atomic mass is 19.1. The van der Waals surface area contributed by atoms with Crippen LogP contribution >= 0.6 is 0 Å². The van der Waals surface area contributed by atoms with Crippen molar-refractivity contribution in [3.8, 4) is 23.0 Å². The summed E-state index contributed by atoms with van der Waals surface area (Å²) in [5.74, 6) is -2.02. The molecule has 0 fully saturated rings. The highest BCUT2D eigenvalue weighted by molar-refractivity contribution is 5.90. The van der Waals surface area contributed by atoms with E-state index in [1.165, 1.54) is 12.1 Å². The number of hydrogen-bond acceptors (Lipinski definition) is 6. The van der Waals surface area contributed by atoms with Crippen molar-refractivity contribution < 1.29 is 18.1 Å². The third-order valence-corrected chi connectivity index (χ3v) is 4.04. The molecule has 0 unspecified atom stereocenters. The lowest BCUT2D eigenvalue weighted by Gasteiger charge is -2.08. The average Bonchev–Trinajstić information content (AvgIpc) is 3.23. The zero-order valence-electron chi connectivity index (χ0n) is 15.3. The Morgan fingerprint density at radius 3 is 2.63 bits per heavy atom. The second-order valence-corrected chi connectivity index (χ2v) is 6.18. The molecule has 0 spiro atoms. The Balaban J connectivity index is 1.54. The Bertz CT molecular complexity index is 1270. The second-order valence-electron chi connectivity index (χ2n) is 6.18. The van der Waals surface area contributed by atoms with Gasteiger partial charge in [-0.3, -0.25) is 9.59 Å². The van der Waals surface area contributed by atoms with E-state index in [0.29, 0.717) is 11.9 Å². The van der Waals surface area contributed by atoms with E-state index >= 15 is 0 Å². The topological polar surface area (TPSA) is 103 Å².